The van der Waals surface area contributed by atoms with Crippen molar-refractivity contribution in [3.63, 3.8) is 0 Å². The van der Waals surface area contributed by atoms with E-state index in [1.165, 1.54) is 65.9 Å². The topological polar surface area (TPSA) is 9.86 Å². The third-order valence-electron chi connectivity index (χ3n) is 7.81. The zero-order valence-corrected chi connectivity index (χ0v) is 20.7. The smallest absolute Gasteiger partial charge is 0.0494 e. The first kappa shape index (κ1) is 21.0. The minimum atomic E-state index is 0.871. The molecular weight excluding hydrogens is 436 g/mol. The van der Waals surface area contributed by atoms with Crippen LogP contribution in [0.25, 0.3) is 43.6 Å². The molecule has 0 N–H and O–H groups in total. The summed E-state index contributed by atoms with van der Waals surface area (Å²) in [4.78, 5) is 0. The van der Waals surface area contributed by atoms with Crippen molar-refractivity contribution >= 4 is 43.6 Å². The van der Waals surface area contributed by atoms with Gasteiger partial charge in [0.15, 0.2) is 0 Å². The van der Waals surface area contributed by atoms with Crippen LogP contribution in [0.2, 0.25) is 0 Å². The molecule has 7 aromatic rings. The van der Waals surface area contributed by atoms with Gasteiger partial charge in [-0.2, -0.15) is 0 Å². The van der Waals surface area contributed by atoms with Gasteiger partial charge in [-0.1, -0.05) is 84.9 Å². The van der Waals surface area contributed by atoms with Crippen LogP contribution in [-0.2, 0) is 13.1 Å². The van der Waals surface area contributed by atoms with Crippen LogP contribution in [0.3, 0.4) is 0 Å². The molecule has 0 bridgehead atoms. The Hall–Kier alpha value is -4.30. The normalized spacial score (nSPS) is 11.8. The molecule has 0 fully saturated rings. The predicted molar refractivity (Wildman–Crippen MR) is 153 cm³/mol. The van der Waals surface area contributed by atoms with Gasteiger partial charge in [-0.3, -0.25) is 0 Å². The molecule has 5 aromatic carbocycles. The molecule has 0 amide bonds. The Kier molecular flexibility index (Phi) is 4.75. The summed E-state index contributed by atoms with van der Waals surface area (Å²) in [7, 11) is 0. The lowest BCUT2D eigenvalue weighted by Crippen LogP contribution is -2.06. The van der Waals surface area contributed by atoms with Crippen molar-refractivity contribution in [2.45, 2.75) is 26.9 Å². The number of nitrogens with zero attached hydrogens (tertiary/aromatic N) is 2. The minimum absolute atomic E-state index is 0.871. The summed E-state index contributed by atoms with van der Waals surface area (Å²) in [6.07, 6.45) is 0. The van der Waals surface area contributed by atoms with Crippen molar-refractivity contribution in [2.24, 2.45) is 0 Å². The number of hydrogen-bond acceptors (Lipinski definition) is 0. The third-order valence-corrected chi connectivity index (χ3v) is 7.81. The molecule has 0 unspecified atom stereocenters. The Balaban J connectivity index is 1.32. The van der Waals surface area contributed by atoms with Crippen LogP contribution in [0.4, 0.5) is 0 Å². The van der Waals surface area contributed by atoms with Gasteiger partial charge in [0.2, 0.25) is 0 Å². The van der Waals surface area contributed by atoms with Gasteiger partial charge >= 0.3 is 0 Å². The molecule has 0 saturated carbocycles. The van der Waals surface area contributed by atoms with Crippen LogP contribution in [0, 0.1) is 13.8 Å². The van der Waals surface area contributed by atoms with Gasteiger partial charge in [-0.15, -0.1) is 0 Å². The fourth-order valence-corrected chi connectivity index (χ4v) is 5.96. The lowest BCUT2D eigenvalue weighted by Gasteiger charge is -2.16. The number of aryl methyl sites for hydroxylation is 2. The molecule has 2 heteroatoms. The van der Waals surface area contributed by atoms with E-state index in [4.69, 9.17) is 0 Å². The van der Waals surface area contributed by atoms with Crippen LogP contribution in [0.5, 0.6) is 0 Å². The standard InChI is InChI=1S/C34H28N2/c1-23-19-26(22-36-33-17-9-5-13-29(33)30-14-6-10-18-34(30)36)24(2)20-25(23)21-35-31-15-7-3-11-27(31)28-12-4-8-16-32(28)35/h3-20H,21-22H2,1-2H3. The van der Waals surface area contributed by atoms with Crippen molar-refractivity contribution in [3.8, 4) is 0 Å². The Morgan fingerprint density at radius 3 is 1.00 bits per heavy atom. The minimum Gasteiger partial charge on any atom is -0.336 e. The summed E-state index contributed by atoms with van der Waals surface area (Å²) in [6, 6.07) is 39.9. The molecule has 0 radical (unpaired) electrons. The van der Waals surface area contributed by atoms with Crippen molar-refractivity contribution < 1.29 is 0 Å². The second kappa shape index (κ2) is 8.13. The number of hydrogen-bond donors (Lipinski definition) is 0. The monoisotopic (exact) mass is 464 g/mol. The number of fused-ring (bicyclic) bond motifs is 6. The molecule has 2 aromatic heterocycles. The van der Waals surface area contributed by atoms with Crippen LogP contribution in [-0.4, -0.2) is 9.13 Å². The number of aromatic nitrogens is 2. The lowest BCUT2D eigenvalue weighted by atomic mass is 9.99. The Morgan fingerprint density at radius 2 is 0.694 bits per heavy atom. The van der Waals surface area contributed by atoms with Crippen molar-refractivity contribution in [3.05, 3.63) is 131 Å². The molecule has 2 nitrogen and oxygen atoms in total. The van der Waals surface area contributed by atoms with Crippen molar-refractivity contribution in [1.82, 2.24) is 9.13 Å². The van der Waals surface area contributed by atoms with Gasteiger partial charge in [0.25, 0.3) is 0 Å². The van der Waals surface area contributed by atoms with Crippen molar-refractivity contribution in [1.29, 1.82) is 0 Å². The van der Waals surface area contributed by atoms with Gasteiger partial charge in [-0.25, -0.2) is 0 Å². The van der Waals surface area contributed by atoms with Crippen LogP contribution in [0.1, 0.15) is 22.3 Å². The molecule has 36 heavy (non-hydrogen) atoms. The van der Waals surface area contributed by atoms with Gasteiger partial charge < -0.3 is 9.13 Å². The summed E-state index contributed by atoms with van der Waals surface area (Å²) < 4.78 is 4.94. The SMILES string of the molecule is Cc1cc(Cn2c3ccccc3c3ccccc32)c(C)cc1Cn1c2ccccc2c2ccccc21. The van der Waals surface area contributed by atoms with E-state index in [9.17, 15) is 0 Å². The maximum atomic E-state index is 2.47. The average molecular weight is 465 g/mol. The van der Waals surface area contributed by atoms with E-state index in [0.717, 1.165) is 13.1 Å². The molecule has 0 aliphatic heterocycles. The molecule has 0 spiro atoms. The van der Waals surface area contributed by atoms with Gasteiger partial charge in [0.1, 0.15) is 0 Å². The first-order valence-corrected chi connectivity index (χ1v) is 12.7. The number of benzene rings is 5. The molecule has 2 heterocycles. The molecular formula is C34H28N2. The van der Waals surface area contributed by atoms with Gasteiger partial charge in [0, 0.05) is 56.7 Å². The second-order valence-electron chi connectivity index (χ2n) is 9.95. The third kappa shape index (κ3) is 3.18. The molecule has 0 aliphatic rings. The van der Waals surface area contributed by atoms with E-state index in [1.807, 2.05) is 0 Å². The van der Waals surface area contributed by atoms with E-state index in [2.05, 4.69) is 132 Å². The van der Waals surface area contributed by atoms with Gasteiger partial charge in [0.05, 0.1) is 0 Å². The molecule has 0 aliphatic carbocycles. The summed E-state index contributed by atoms with van der Waals surface area (Å²) in [5.41, 5.74) is 10.6. The zero-order valence-electron chi connectivity index (χ0n) is 20.7. The van der Waals surface area contributed by atoms with E-state index >= 15 is 0 Å². The Morgan fingerprint density at radius 1 is 0.417 bits per heavy atom. The first-order chi connectivity index (χ1) is 17.7. The quantitative estimate of drug-likeness (QED) is 0.247. The highest BCUT2D eigenvalue weighted by atomic mass is 15.0. The fourth-order valence-electron chi connectivity index (χ4n) is 5.96. The summed E-state index contributed by atoms with van der Waals surface area (Å²) in [5, 5.41) is 5.30. The molecule has 0 saturated heterocycles. The van der Waals surface area contributed by atoms with Crippen molar-refractivity contribution in [2.75, 3.05) is 0 Å². The Labute approximate surface area is 211 Å². The van der Waals surface area contributed by atoms with Crippen LogP contribution >= 0.6 is 0 Å². The maximum absolute atomic E-state index is 2.47. The summed E-state index contributed by atoms with van der Waals surface area (Å²) in [5.74, 6) is 0. The zero-order chi connectivity index (χ0) is 24.2. The van der Waals surface area contributed by atoms with E-state index in [-0.39, 0.29) is 0 Å². The Bertz CT molecular complexity index is 1670. The predicted octanol–water partition coefficient (Wildman–Crippen LogP) is 8.62. The fraction of sp³-hybridized carbons (Fsp3) is 0.118. The van der Waals surface area contributed by atoms with E-state index < -0.39 is 0 Å². The highest BCUT2D eigenvalue weighted by molar-refractivity contribution is 6.08. The molecule has 174 valence electrons. The summed E-state index contributed by atoms with van der Waals surface area (Å²) in [6.45, 7) is 6.27. The number of rotatable bonds is 4. The first-order valence-electron chi connectivity index (χ1n) is 12.7. The number of para-hydroxylation sites is 4. The average Bonchev–Trinajstić information content (AvgIpc) is 3.40. The van der Waals surface area contributed by atoms with E-state index in [0.29, 0.717) is 0 Å². The van der Waals surface area contributed by atoms with Crippen LogP contribution < -0.4 is 0 Å². The largest absolute Gasteiger partial charge is 0.336 e. The van der Waals surface area contributed by atoms with Crippen LogP contribution in [0.15, 0.2) is 109 Å². The van der Waals surface area contributed by atoms with Gasteiger partial charge in [-0.05, 0) is 60.4 Å². The van der Waals surface area contributed by atoms with E-state index in [1.54, 1.807) is 0 Å². The second-order valence-corrected chi connectivity index (χ2v) is 9.95. The highest BCUT2D eigenvalue weighted by Crippen LogP contribution is 2.32. The lowest BCUT2D eigenvalue weighted by molar-refractivity contribution is 0.838. The highest BCUT2D eigenvalue weighted by Gasteiger charge is 2.14. The summed E-state index contributed by atoms with van der Waals surface area (Å²) >= 11 is 0. The maximum Gasteiger partial charge on any atom is 0.0494 e. The molecule has 0 atom stereocenters. The molecule has 7 rings (SSSR count).